The van der Waals surface area contributed by atoms with Crippen molar-refractivity contribution in [2.75, 3.05) is 24.7 Å². The molecule has 1 saturated heterocycles. The number of nitrogens with one attached hydrogen (secondary N) is 2. The van der Waals surface area contributed by atoms with E-state index < -0.39 is 0 Å². The van der Waals surface area contributed by atoms with Gasteiger partial charge in [-0.3, -0.25) is 5.10 Å². The molecule has 6 heterocycles. The van der Waals surface area contributed by atoms with Crippen molar-refractivity contribution >= 4 is 38.4 Å². The van der Waals surface area contributed by atoms with Gasteiger partial charge in [-0.15, -0.1) is 11.3 Å². The van der Waals surface area contributed by atoms with Crippen LogP contribution >= 0.6 is 11.3 Å². The van der Waals surface area contributed by atoms with Gasteiger partial charge in [0, 0.05) is 47.0 Å². The fraction of sp³-hybridized carbons (Fsp3) is 0.238. The number of fused-ring (bicyclic) bond motifs is 2. The van der Waals surface area contributed by atoms with Crippen LogP contribution in [0.2, 0.25) is 0 Å². The third kappa shape index (κ3) is 2.70. The van der Waals surface area contributed by atoms with E-state index in [9.17, 15) is 0 Å². The first-order valence-electron chi connectivity index (χ1n) is 9.85. The van der Waals surface area contributed by atoms with Crippen LogP contribution in [0, 0.1) is 0 Å². The summed E-state index contributed by atoms with van der Waals surface area (Å²) in [7, 11) is 0. The minimum Gasteiger partial charge on any atom is -0.377 e. The Morgan fingerprint density at radius 1 is 1.17 bits per heavy atom. The number of aromatic nitrogens is 6. The summed E-state index contributed by atoms with van der Waals surface area (Å²) in [6, 6.07) is 6.21. The SMILES string of the molecule is C[C@@H]1COCCN1c1nc(-c2ccnc3[nH]ccc23)nc2c(-c3ccn[nH]3)csc12. The average Bonchev–Trinajstić information content (AvgIpc) is 3.52. The van der Waals surface area contributed by atoms with Crippen molar-refractivity contribution in [3.8, 4) is 22.6 Å². The average molecular weight is 417 g/mol. The standard InChI is InChI=1S/C21H19N7OS/c1-12-10-29-9-8-28(12)21-18-17(15(11-30-18)16-4-7-24-27-16)25-20(26-21)14-3-6-23-19-13(14)2-5-22-19/h2-7,11-12H,8-10H2,1H3,(H,22,23)(H,24,27)/t12-/m1/s1. The Labute approximate surface area is 176 Å². The molecule has 0 saturated carbocycles. The fourth-order valence-corrected chi connectivity index (χ4v) is 5.02. The van der Waals surface area contributed by atoms with Gasteiger partial charge in [0.05, 0.1) is 35.2 Å². The lowest BCUT2D eigenvalue weighted by Gasteiger charge is -2.34. The van der Waals surface area contributed by atoms with Crippen LogP contribution in [-0.2, 0) is 4.74 Å². The second-order valence-corrected chi connectivity index (χ2v) is 8.26. The van der Waals surface area contributed by atoms with Crippen molar-refractivity contribution in [2.24, 2.45) is 0 Å². The molecule has 0 unspecified atom stereocenters. The van der Waals surface area contributed by atoms with Gasteiger partial charge in [-0.2, -0.15) is 5.10 Å². The summed E-state index contributed by atoms with van der Waals surface area (Å²) in [5.41, 5.74) is 4.72. The number of hydrogen-bond donors (Lipinski definition) is 2. The van der Waals surface area contributed by atoms with E-state index in [1.165, 1.54) is 0 Å². The van der Waals surface area contributed by atoms with Crippen molar-refractivity contribution in [1.29, 1.82) is 0 Å². The molecule has 6 rings (SSSR count). The minimum absolute atomic E-state index is 0.243. The number of thiophene rings is 1. The van der Waals surface area contributed by atoms with E-state index in [0.29, 0.717) is 19.0 Å². The number of aromatic amines is 2. The number of morpholine rings is 1. The summed E-state index contributed by atoms with van der Waals surface area (Å²) in [5, 5.41) is 10.3. The van der Waals surface area contributed by atoms with Crippen molar-refractivity contribution in [3.05, 3.63) is 42.2 Å². The van der Waals surface area contributed by atoms with E-state index in [-0.39, 0.29) is 6.04 Å². The molecule has 5 aromatic rings. The molecular formula is C21H19N7OS. The molecule has 0 bridgehead atoms. The first-order valence-corrected chi connectivity index (χ1v) is 10.7. The third-order valence-electron chi connectivity index (χ3n) is 5.53. The summed E-state index contributed by atoms with van der Waals surface area (Å²) in [4.78, 5) is 20.0. The molecule has 0 aromatic carbocycles. The number of hydrogen-bond acceptors (Lipinski definition) is 7. The highest BCUT2D eigenvalue weighted by Crippen LogP contribution is 2.39. The van der Waals surface area contributed by atoms with Crippen LogP contribution < -0.4 is 4.90 Å². The van der Waals surface area contributed by atoms with Crippen LogP contribution in [-0.4, -0.2) is 55.9 Å². The second-order valence-electron chi connectivity index (χ2n) is 7.38. The number of pyridine rings is 1. The maximum absolute atomic E-state index is 5.66. The molecule has 1 aliphatic rings. The van der Waals surface area contributed by atoms with Crippen LogP contribution in [0.25, 0.3) is 43.9 Å². The van der Waals surface area contributed by atoms with Crippen molar-refractivity contribution < 1.29 is 4.74 Å². The van der Waals surface area contributed by atoms with E-state index in [1.807, 2.05) is 24.4 Å². The number of rotatable bonds is 3. The van der Waals surface area contributed by atoms with E-state index in [4.69, 9.17) is 14.7 Å². The Balaban J connectivity index is 1.63. The molecular weight excluding hydrogens is 398 g/mol. The molecule has 0 aliphatic carbocycles. The van der Waals surface area contributed by atoms with E-state index >= 15 is 0 Å². The lowest BCUT2D eigenvalue weighted by Crippen LogP contribution is -2.44. The summed E-state index contributed by atoms with van der Waals surface area (Å²) in [6.07, 6.45) is 5.45. The zero-order valence-electron chi connectivity index (χ0n) is 16.3. The molecule has 8 nitrogen and oxygen atoms in total. The van der Waals surface area contributed by atoms with Crippen molar-refractivity contribution in [2.45, 2.75) is 13.0 Å². The smallest absolute Gasteiger partial charge is 0.163 e. The molecule has 2 N–H and O–H groups in total. The lowest BCUT2D eigenvalue weighted by molar-refractivity contribution is 0.0987. The monoisotopic (exact) mass is 417 g/mol. The molecule has 0 radical (unpaired) electrons. The van der Waals surface area contributed by atoms with Gasteiger partial charge in [0.1, 0.15) is 5.65 Å². The van der Waals surface area contributed by atoms with E-state index in [1.54, 1.807) is 23.7 Å². The highest BCUT2D eigenvalue weighted by molar-refractivity contribution is 7.18. The van der Waals surface area contributed by atoms with Crippen LogP contribution in [0.15, 0.2) is 42.2 Å². The topological polar surface area (TPSA) is 95.6 Å². The first-order chi connectivity index (χ1) is 14.8. The summed E-state index contributed by atoms with van der Waals surface area (Å²) in [5.74, 6) is 1.66. The zero-order chi connectivity index (χ0) is 20.1. The molecule has 0 amide bonds. The Kier molecular flexibility index (Phi) is 4.03. The Bertz CT molecular complexity index is 1340. The Morgan fingerprint density at radius 3 is 3.00 bits per heavy atom. The van der Waals surface area contributed by atoms with Crippen LogP contribution in [0.3, 0.4) is 0 Å². The van der Waals surface area contributed by atoms with Gasteiger partial charge in [0.2, 0.25) is 0 Å². The van der Waals surface area contributed by atoms with E-state index in [2.05, 4.69) is 37.4 Å². The molecule has 1 aliphatic heterocycles. The summed E-state index contributed by atoms with van der Waals surface area (Å²) >= 11 is 1.67. The largest absolute Gasteiger partial charge is 0.377 e. The molecule has 150 valence electrons. The van der Waals surface area contributed by atoms with Gasteiger partial charge in [0.15, 0.2) is 11.6 Å². The van der Waals surface area contributed by atoms with Crippen LogP contribution in [0.1, 0.15) is 6.92 Å². The number of H-pyrrole nitrogens is 2. The Hall–Kier alpha value is -3.30. The van der Waals surface area contributed by atoms with Crippen LogP contribution in [0.5, 0.6) is 0 Å². The predicted molar refractivity (Wildman–Crippen MR) is 118 cm³/mol. The highest BCUT2D eigenvalue weighted by atomic mass is 32.1. The zero-order valence-corrected chi connectivity index (χ0v) is 17.1. The van der Waals surface area contributed by atoms with Crippen LogP contribution in [0.4, 0.5) is 5.82 Å². The number of ether oxygens (including phenoxy) is 1. The van der Waals surface area contributed by atoms with Crippen molar-refractivity contribution in [3.63, 3.8) is 0 Å². The van der Waals surface area contributed by atoms with Crippen molar-refractivity contribution in [1.82, 2.24) is 30.1 Å². The predicted octanol–water partition coefficient (Wildman–Crippen LogP) is 3.85. The maximum atomic E-state index is 5.66. The number of nitrogens with zero attached hydrogens (tertiary/aromatic N) is 5. The molecule has 30 heavy (non-hydrogen) atoms. The third-order valence-corrected chi connectivity index (χ3v) is 6.49. The van der Waals surface area contributed by atoms with Gasteiger partial charge < -0.3 is 14.6 Å². The lowest BCUT2D eigenvalue weighted by atomic mass is 10.1. The van der Waals surface area contributed by atoms with Gasteiger partial charge in [-0.05, 0) is 25.1 Å². The normalized spacial score (nSPS) is 17.2. The summed E-state index contributed by atoms with van der Waals surface area (Å²) in [6.45, 7) is 4.37. The highest BCUT2D eigenvalue weighted by Gasteiger charge is 2.26. The van der Waals surface area contributed by atoms with Gasteiger partial charge >= 0.3 is 0 Å². The first kappa shape index (κ1) is 17.5. The molecule has 1 atom stereocenters. The minimum atomic E-state index is 0.243. The fourth-order valence-electron chi connectivity index (χ4n) is 4.01. The van der Waals surface area contributed by atoms with Gasteiger partial charge in [-0.25, -0.2) is 15.0 Å². The van der Waals surface area contributed by atoms with Gasteiger partial charge in [0.25, 0.3) is 0 Å². The number of anilines is 1. The summed E-state index contributed by atoms with van der Waals surface area (Å²) < 4.78 is 6.74. The van der Waals surface area contributed by atoms with E-state index in [0.717, 1.165) is 50.4 Å². The molecule has 1 fully saturated rings. The quantitative estimate of drug-likeness (QED) is 0.463. The van der Waals surface area contributed by atoms with Gasteiger partial charge in [-0.1, -0.05) is 0 Å². The maximum Gasteiger partial charge on any atom is 0.163 e. The molecule has 5 aromatic heterocycles. The molecule has 0 spiro atoms. The second kappa shape index (κ2) is 6.89. The Morgan fingerprint density at radius 2 is 2.13 bits per heavy atom. The molecule has 9 heteroatoms.